The topological polar surface area (TPSA) is 105 Å². The number of hydrogen-bond acceptors (Lipinski definition) is 8. The van der Waals surface area contributed by atoms with E-state index >= 15 is 0 Å². The number of rotatable bonds is 13. The Hall–Kier alpha value is -2.12. The molecule has 3 unspecified atom stereocenters. The average molecular weight is 497 g/mol. The molecular weight excluding hydrogens is 452 g/mol. The molecule has 2 aliphatic carbocycles. The highest BCUT2D eigenvalue weighted by Crippen LogP contribution is 2.22. The highest BCUT2D eigenvalue weighted by atomic mass is 16.6. The SMILES string of the molecule is CC(CCCC(=O)OC(C)C(=O)OC1CCCCC1)CCC(=O)OC(C)C(=O)OC1CCCCC1. The van der Waals surface area contributed by atoms with Gasteiger partial charge in [-0.2, -0.15) is 0 Å². The van der Waals surface area contributed by atoms with Crippen molar-refractivity contribution in [2.45, 2.75) is 141 Å². The average Bonchev–Trinajstić information content (AvgIpc) is 2.84. The van der Waals surface area contributed by atoms with Crippen LogP contribution in [0.2, 0.25) is 0 Å². The van der Waals surface area contributed by atoms with Crippen molar-refractivity contribution in [3.05, 3.63) is 0 Å². The Kier molecular flexibility index (Phi) is 13.1. The molecule has 3 atom stereocenters. The molecule has 0 spiro atoms. The fourth-order valence-electron chi connectivity index (χ4n) is 4.60. The van der Waals surface area contributed by atoms with Crippen molar-refractivity contribution in [3.63, 3.8) is 0 Å². The molecule has 2 saturated carbocycles. The van der Waals surface area contributed by atoms with Gasteiger partial charge in [-0.05, 0) is 84.0 Å². The molecule has 0 N–H and O–H groups in total. The van der Waals surface area contributed by atoms with Gasteiger partial charge in [0.2, 0.25) is 0 Å². The highest BCUT2D eigenvalue weighted by molar-refractivity contribution is 5.79. The molecule has 0 aromatic rings. The van der Waals surface area contributed by atoms with Crippen molar-refractivity contribution in [3.8, 4) is 0 Å². The van der Waals surface area contributed by atoms with Gasteiger partial charge in [-0.25, -0.2) is 9.59 Å². The smallest absolute Gasteiger partial charge is 0.347 e. The van der Waals surface area contributed by atoms with Crippen molar-refractivity contribution in [1.29, 1.82) is 0 Å². The summed E-state index contributed by atoms with van der Waals surface area (Å²) in [5, 5.41) is 0. The zero-order valence-electron chi connectivity index (χ0n) is 21.8. The van der Waals surface area contributed by atoms with Gasteiger partial charge in [0.25, 0.3) is 0 Å². The minimum Gasteiger partial charge on any atom is -0.460 e. The molecule has 0 aromatic carbocycles. The van der Waals surface area contributed by atoms with Crippen LogP contribution in [0.25, 0.3) is 0 Å². The molecule has 0 aromatic heterocycles. The van der Waals surface area contributed by atoms with Crippen LogP contribution in [-0.4, -0.2) is 48.3 Å². The number of ether oxygens (including phenoxy) is 4. The van der Waals surface area contributed by atoms with Crippen LogP contribution in [-0.2, 0) is 38.1 Å². The summed E-state index contributed by atoms with van der Waals surface area (Å²) in [6.45, 7) is 5.09. The first-order chi connectivity index (χ1) is 16.7. The molecule has 0 bridgehead atoms. The van der Waals surface area contributed by atoms with Crippen LogP contribution in [0.15, 0.2) is 0 Å². The number of carbonyl (C=O) groups is 4. The Labute approximate surface area is 209 Å². The van der Waals surface area contributed by atoms with Crippen molar-refractivity contribution < 1.29 is 38.1 Å². The van der Waals surface area contributed by atoms with E-state index in [0.29, 0.717) is 12.8 Å². The lowest BCUT2D eigenvalue weighted by molar-refractivity contribution is -0.171. The van der Waals surface area contributed by atoms with Crippen molar-refractivity contribution >= 4 is 23.9 Å². The summed E-state index contributed by atoms with van der Waals surface area (Å²) in [6, 6.07) is 0. The first-order valence-corrected chi connectivity index (χ1v) is 13.5. The van der Waals surface area contributed by atoms with Crippen molar-refractivity contribution in [2.24, 2.45) is 5.92 Å². The van der Waals surface area contributed by atoms with Crippen LogP contribution in [0.1, 0.15) is 117 Å². The summed E-state index contributed by atoms with van der Waals surface area (Å²) < 4.78 is 21.3. The van der Waals surface area contributed by atoms with Crippen LogP contribution in [0, 0.1) is 5.92 Å². The normalized spacial score (nSPS) is 19.7. The van der Waals surface area contributed by atoms with E-state index in [4.69, 9.17) is 18.9 Å². The molecule has 2 aliphatic rings. The summed E-state index contributed by atoms with van der Waals surface area (Å²) in [5.41, 5.74) is 0. The Balaban J connectivity index is 1.54. The van der Waals surface area contributed by atoms with Gasteiger partial charge in [0.05, 0.1) is 0 Å². The largest absolute Gasteiger partial charge is 0.460 e. The van der Waals surface area contributed by atoms with E-state index in [1.807, 2.05) is 6.92 Å². The highest BCUT2D eigenvalue weighted by Gasteiger charge is 2.25. The van der Waals surface area contributed by atoms with Gasteiger partial charge in [0.1, 0.15) is 12.2 Å². The minimum atomic E-state index is -0.902. The maximum atomic E-state index is 12.1. The van der Waals surface area contributed by atoms with Crippen molar-refractivity contribution in [1.82, 2.24) is 0 Å². The zero-order chi connectivity index (χ0) is 25.6. The number of hydrogen-bond donors (Lipinski definition) is 0. The molecule has 0 amide bonds. The molecule has 0 aliphatic heterocycles. The van der Waals surface area contributed by atoms with Gasteiger partial charge in [-0.1, -0.05) is 26.2 Å². The van der Waals surface area contributed by atoms with Gasteiger partial charge in [0.15, 0.2) is 12.2 Å². The summed E-state index contributed by atoms with van der Waals surface area (Å²) >= 11 is 0. The van der Waals surface area contributed by atoms with Gasteiger partial charge < -0.3 is 18.9 Å². The van der Waals surface area contributed by atoms with E-state index in [9.17, 15) is 19.2 Å². The van der Waals surface area contributed by atoms with Crippen LogP contribution in [0.5, 0.6) is 0 Å². The third-order valence-corrected chi connectivity index (χ3v) is 6.87. The molecule has 8 nitrogen and oxygen atoms in total. The summed E-state index contributed by atoms with van der Waals surface area (Å²) in [6.07, 6.45) is 10.5. The quantitative estimate of drug-likeness (QED) is 0.253. The third kappa shape index (κ3) is 11.9. The molecule has 8 heteroatoms. The fourth-order valence-corrected chi connectivity index (χ4v) is 4.60. The van der Waals surface area contributed by atoms with E-state index in [2.05, 4.69) is 0 Å². The second-order valence-corrected chi connectivity index (χ2v) is 10.2. The maximum absolute atomic E-state index is 12.1. The lowest BCUT2D eigenvalue weighted by Gasteiger charge is -2.23. The Morgan fingerprint density at radius 1 is 0.629 bits per heavy atom. The van der Waals surface area contributed by atoms with Crippen LogP contribution in [0.4, 0.5) is 0 Å². The Bertz CT molecular complexity index is 679. The van der Waals surface area contributed by atoms with E-state index in [0.717, 1.165) is 57.8 Å². The molecule has 35 heavy (non-hydrogen) atoms. The first kappa shape index (κ1) is 29.1. The van der Waals surface area contributed by atoms with Gasteiger partial charge >= 0.3 is 23.9 Å². The molecule has 200 valence electrons. The van der Waals surface area contributed by atoms with Crippen LogP contribution >= 0.6 is 0 Å². The predicted octanol–water partition coefficient (Wildman–Crippen LogP) is 5.19. The van der Waals surface area contributed by atoms with Crippen LogP contribution < -0.4 is 0 Å². The minimum absolute atomic E-state index is 0.0598. The van der Waals surface area contributed by atoms with Gasteiger partial charge in [-0.15, -0.1) is 0 Å². The third-order valence-electron chi connectivity index (χ3n) is 6.87. The standard InChI is InChI=1S/C27H44O8/c1-19(17-18-25(29)33-21(3)27(31)35-23-14-8-5-9-15-23)11-10-16-24(28)32-20(2)26(30)34-22-12-6-4-7-13-22/h19-23H,4-18H2,1-3H3. The number of carbonyl (C=O) groups excluding carboxylic acids is 4. The fraction of sp³-hybridized carbons (Fsp3) is 0.852. The molecule has 0 saturated heterocycles. The Morgan fingerprint density at radius 2 is 1.06 bits per heavy atom. The lowest BCUT2D eigenvalue weighted by Crippen LogP contribution is -2.31. The van der Waals surface area contributed by atoms with Crippen molar-refractivity contribution in [2.75, 3.05) is 0 Å². The monoisotopic (exact) mass is 496 g/mol. The first-order valence-electron chi connectivity index (χ1n) is 13.5. The second-order valence-electron chi connectivity index (χ2n) is 10.2. The van der Waals surface area contributed by atoms with E-state index in [1.165, 1.54) is 12.8 Å². The van der Waals surface area contributed by atoms with Gasteiger partial charge in [-0.3, -0.25) is 9.59 Å². The lowest BCUT2D eigenvalue weighted by atomic mass is 9.98. The molecule has 0 radical (unpaired) electrons. The van der Waals surface area contributed by atoms with E-state index in [-0.39, 0.29) is 31.0 Å². The summed E-state index contributed by atoms with van der Waals surface area (Å²) in [7, 11) is 0. The van der Waals surface area contributed by atoms with Gasteiger partial charge in [0, 0.05) is 12.8 Å². The summed E-state index contributed by atoms with van der Waals surface area (Å²) in [4.78, 5) is 48.5. The summed E-state index contributed by atoms with van der Waals surface area (Å²) in [5.74, 6) is -1.60. The molecule has 2 rings (SSSR count). The van der Waals surface area contributed by atoms with Crippen LogP contribution in [0.3, 0.4) is 0 Å². The molecule has 0 heterocycles. The second kappa shape index (κ2) is 15.8. The Morgan fingerprint density at radius 3 is 1.51 bits per heavy atom. The predicted molar refractivity (Wildman–Crippen MR) is 129 cm³/mol. The maximum Gasteiger partial charge on any atom is 0.347 e. The van der Waals surface area contributed by atoms with E-state index in [1.54, 1.807) is 13.8 Å². The number of esters is 4. The molecule has 2 fully saturated rings. The van der Waals surface area contributed by atoms with E-state index < -0.39 is 36.1 Å². The zero-order valence-corrected chi connectivity index (χ0v) is 21.8. The molecular formula is C27H44O8.